The van der Waals surface area contributed by atoms with Crippen LogP contribution in [0.15, 0.2) is 59.4 Å². The maximum absolute atomic E-state index is 12.6. The number of carbonyl (C=O) groups excluding carboxylic acids is 2. The Morgan fingerprint density at radius 3 is 2.29 bits per heavy atom. The van der Waals surface area contributed by atoms with Crippen LogP contribution in [0.2, 0.25) is 0 Å². The molecule has 0 aliphatic heterocycles. The summed E-state index contributed by atoms with van der Waals surface area (Å²) in [6.45, 7) is 0. The Bertz CT molecular complexity index is 755. The summed E-state index contributed by atoms with van der Waals surface area (Å²) in [6.07, 6.45) is 4.97. The van der Waals surface area contributed by atoms with Crippen LogP contribution in [-0.4, -0.2) is 21.0 Å². The van der Waals surface area contributed by atoms with Gasteiger partial charge in [0.1, 0.15) is 4.33 Å². The van der Waals surface area contributed by atoms with Crippen LogP contribution in [0.3, 0.4) is 0 Å². The monoisotopic (exact) mass is 320 g/mol. The summed E-state index contributed by atoms with van der Waals surface area (Å²) in [5, 5.41) is 10.1. The van der Waals surface area contributed by atoms with E-state index in [1.807, 2.05) is 0 Å². The number of carbonyl (C=O) groups is 2. The number of aliphatic hydroxyl groups is 1. The Morgan fingerprint density at radius 1 is 1.05 bits per heavy atom. The fourth-order valence-electron chi connectivity index (χ4n) is 2.51. The molecule has 1 N–H and O–H groups in total. The number of halogens is 2. The Kier molecular flexibility index (Phi) is 3.27. The van der Waals surface area contributed by atoms with E-state index in [1.54, 1.807) is 36.4 Å². The van der Waals surface area contributed by atoms with Gasteiger partial charge < -0.3 is 5.11 Å². The number of alkyl halides is 2. The first-order valence-electron chi connectivity index (χ1n) is 6.29. The highest BCUT2D eigenvalue weighted by Gasteiger charge is 2.36. The standard InChI is InChI=1S/C16H10Cl2O3/c17-16(18)7-3-4-9(8-16)12-13(19)10-5-1-2-6-11(10)14(20)15(12)21/h1-7,21H,8H2. The number of hydrogen-bond acceptors (Lipinski definition) is 3. The van der Waals surface area contributed by atoms with Gasteiger partial charge in [-0.3, -0.25) is 9.59 Å². The van der Waals surface area contributed by atoms with Gasteiger partial charge in [0.25, 0.3) is 0 Å². The highest BCUT2D eigenvalue weighted by Crippen LogP contribution is 2.39. The van der Waals surface area contributed by atoms with E-state index in [0.717, 1.165) is 0 Å². The number of aliphatic hydroxyl groups excluding tert-OH is 1. The van der Waals surface area contributed by atoms with E-state index < -0.39 is 21.7 Å². The van der Waals surface area contributed by atoms with E-state index in [4.69, 9.17) is 23.2 Å². The van der Waals surface area contributed by atoms with Crippen molar-refractivity contribution in [1.29, 1.82) is 0 Å². The molecule has 3 nitrogen and oxygen atoms in total. The van der Waals surface area contributed by atoms with Gasteiger partial charge in [0.2, 0.25) is 5.78 Å². The molecule has 0 radical (unpaired) electrons. The minimum Gasteiger partial charge on any atom is -0.504 e. The number of hydrogen-bond donors (Lipinski definition) is 1. The van der Waals surface area contributed by atoms with Gasteiger partial charge in [-0.1, -0.05) is 59.6 Å². The number of benzene rings is 1. The van der Waals surface area contributed by atoms with Gasteiger partial charge in [-0.05, 0) is 11.6 Å². The Morgan fingerprint density at radius 2 is 1.67 bits per heavy atom. The molecule has 0 saturated carbocycles. The van der Waals surface area contributed by atoms with E-state index in [1.165, 1.54) is 6.07 Å². The van der Waals surface area contributed by atoms with Crippen molar-refractivity contribution in [3.63, 3.8) is 0 Å². The molecule has 0 unspecified atom stereocenters. The normalized spacial score (nSPS) is 20.4. The predicted octanol–water partition coefficient (Wildman–Crippen LogP) is 3.94. The molecule has 0 amide bonds. The van der Waals surface area contributed by atoms with Crippen LogP contribution in [0.25, 0.3) is 0 Å². The number of rotatable bonds is 1. The molecule has 0 aromatic heterocycles. The second-order valence-corrected chi connectivity index (χ2v) is 6.46. The Hall–Kier alpha value is -1.84. The van der Waals surface area contributed by atoms with Crippen LogP contribution in [0.1, 0.15) is 27.1 Å². The first-order chi connectivity index (χ1) is 9.91. The van der Waals surface area contributed by atoms with Gasteiger partial charge in [0, 0.05) is 17.5 Å². The van der Waals surface area contributed by atoms with Crippen molar-refractivity contribution in [2.75, 3.05) is 0 Å². The van der Waals surface area contributed by atoms with Crippen molar-refractivity contribution in [2.45, 2.75) is 10.8 Å². The number of ketones is 2. The molecule has 106 valence electrons. The minimum absolute atomic E-state index is 0.0197. The summed E-state index contributed by atoms with van der Waals surface area (Å²) in [5.41, 5.74) is 0.917. The van der Waals surface area contributed by atoms with Crippen molar-refractivity contribution in [3.05, 3.63) is 70.5 Å². The summed E-state index contributed by atoms with van der Waals surface area (Å²) in [4.78, 5) is 24.8. The SMILES string of the molecule is O=C1C(O)=C(C2=CC=CC(Cl)(Cl)C2)C(=O)c2ccccc21. The molecule has 1 aromatic carbocycles. The molecule has 2 aliphatic rings. The molecule has 2 aliphatic carbocycles. The van der Waals surface area contributed by atoms with Crippen LogP contribution in [0.4, 0.5) is 0 Å². The molecule has 0 fully saturated rings. The third-order valence-electron chi connectivity index (χ3n) is 3.48. The van der Waals surface area contributed by atoms with Crippen LogP contribution >= 0.6 is 23.2 Å². The summed E-state index contributed by atoms with van der Waals surface area (Å²) >= 11 is 12.1. The van der Waals surface area contributed by atoms with Crippen molar-refractivity contribution < 1.29 is 14.7 Å². The van der Waals surface area contributed by atoms with E-state index in [9.17, 15) is 14.7 Å². The molecule has 5 heteroatoms. The maximum atomic E-state index is 12.6. The molecule has 3 rings (SSSR count). The van der Waals surface area contributed by atoms with E-state index >= 15 is 0 Å². The molecule has 0 heterocycles. The van der Waals surface area contributed by atoms with Crippen molar-refractivity contribution in [1.82, 2.24) is 0 Å². The lowest BCUT2D eigenvalue weighted by Crippen LogP contribution is -2.25. The average Bonchev–Trinajstić information content (AvgIpc) is 2.44. The Balaban J connectivity index is 2.14. The molecule has 0 saturated heterocycles. The zero-order valence-corrected chi connectivity index (χ0v) is 12.3. The molecular weight excluding hydrogens is 311 g/mol. The average molecular weight is 321 g/mol. The minimum atomic E-state index is -1.16. The number of Topliss-reactive ketones (excluding diaryl/α,β-unsaturated/α-hetero) is 2. The van der Waals surface area contributed by atoms with Crippen molar-refractivity contribution in [2.24, 2.45) is 0 Å². The Labute approximate surface area is 131 Å². The first kappa shape index (κ1) is 14.1. The number of allylic oxidation sites excluding steroid dienone is 6. The topological polar surface area (TPSA) is 54.4 Å². The van der Waals surface area contributed by atoms with Gasteiger partial charge >= 0.3 is 0 Å². The highest BCUT2D eigenvalue weighted by atomic mass is 35.5. The third-order valence-corrected chi connectivity index (χ3v) is 4.00. The summed E-state index contributed by atoms with van der Waals surface area (Å²) in [6, 6.07) is 6.40. The van der Waals surface area contributed by atoms with Gasteiger partial charge in [0.05, 0.1) is 5.57 Å². The lowest BCUT2D eigenvalue weighted by molar-refractivity contribution is 0.0931. The van der Waals surface area contributed by atoms with Gasteiger partial charge in [0.15, 0.2) is 11.5 Å². The molecular formula is C16H10Cl2O3. The van der Waals surface area contributed by atoms with E-state index in [0.29, 0.717) is 5.57 Å². The first-order valence-corrected chi connectivity index (χ1v) is 7.04. The molecule has 0 spiro atoms. The maximum Gasteiger partial charge on any atom is 0.228 e. The van der Waals surface area contributed by atoms with Gasteiger partial charge in [-0.25, -0.2) is 0 Å². The van der Waals surface area contributed by atoms with Gasteiger partial charge in [-0.15, -0.1) is 0 Å². The van der Waals surface area contributed by atoms with Crippen molar-refractivity contribution in [3.8, 4) is 0 Å². The van der Waals surface area contributed by atoms with Crippen molar-refractivity contribution >= 4 is 34.8 Å². The zero-order valence-electron chi connectivity index (χ0n) is 10.8. The lowest BCUT2D eigenvalue weighted by Gasteiger charge is -2.24. The lowest BCUT2D eigenvalue weighted by atomic mass is 9.82. The fraction of sp³-hybridized carbons (Fsp3) is 0.125. The largest absolute Gasteiger partial charge is 0.504 e. The van der Waals surface area contributed by atoms with Crippen LogP contribution < -0.4 is 0 Å². The van der Waals surface area contributed by atoms with E-state index in [2.05, 4.69) is 0 Å². The van der Waals surface area contributed by atoms with Crippen LogP contribution in [0, 0.1) is 0 Å². The molecule has 0 bridgehead atoms. The number of fused-ring (bicyclic) bond motifs is 1. The summed E-state index contributed by atoms with van der Waals surface area (Å²) in [7, 11) is 0. The summed E-state index contributed by atoms with van der Waals surface area (Å²) < 4.78 is -1.16. The molecule has 1 aromatic rings. The summed E-state index contributed by atoms with van der Waals surface area (Å²) in [5.74, 6) is -1.51. The smallest absolute Gasteiger partial charge is 0.228 e. The van der Waals surface area contributed by atoms with E-state index in [-0.39, 0.29) is 23.1 Å². The van der Waals surface area contributed by atoms with Gasteiger partial charge in [-0.2, -0.15) is 0 Å². The van der Waals surface area contributed by atoms with Crippen LogP contribution in [0.5, 0.6) is 0 Å². The zero-order chi connectivity index (χ0) is 15.2. The highest BCUT2D eigenvalue weighted by molar-refractivity contribution is 6.50. The fourth-order valence-corrected chi connectivity index (χ4v) is 2.94. The quantitative estimate of drug-likeness (QED) is 0.797. The third kappa shape index (κ3) is 2.33. The molecule has 0 atom stereocenters. The predicted molar refractivity (Wildman–Crippen MR) is 81.0 cm³/mol. The second kappa shape index (κ2) is 4.86. The second-order valence-electron chi connectivity index (χ2n) is 4.92. The van der Waals surface area contributed by atoms with Crippen LogP contribution in [-0.2, 0) is 0 Å². The molecule has 21 heavy (non-hydrogen) atoms.